The van der Waals surface area contributed by atoms with Crippen molar-refractivity contribution in [2.24, 2.45) is 5.92 Å². The van der Waals surface area contributed by atoms with E-state index >= 15 is 0 Å². The lowest BCUT2D eigenvalue weighted by Gasteiger charge is -2.17. The Morgan fingerprint density at radius 3 is 2.83 bits per heavy atom. The number of aromatic nitrogens is 1. The van der Waals surface area contributed by atoms with Gasteiger partial charge in [0.2, 0.25) is 5.91 Å². The van der Waals surface area contributed by atoms with E-state index in [4.69, 9.17) is 4.74 Å². The summed E-state index contributed by atoms with van der Waals surface area (Å²) in [4.78, 5) is 29.7. The van der Waals surface area contributed by atoms with Crippen LogP contribution in [0.5, 0.6) is 5.75 Å². The van der Waals surface area contributed by atoms with Gasteiger partial charge in [-0.2, -0.15) is 0 Å². The van der Waals surface area contributed by atoms with E-state index in [1.165, 1.54) is 23.1 Å². The highest BCUT2D eigenvalue weighted by Crippen LogP contribution is 2.20. The molecular formula is C23H24FN3O3. The molecule has 2 aromatic carbocycles. The van der Waals surface area contributed by atoms with Crippen LogP contribution in [0.25, 0.3) is 10.9 Å². The molecule has 2 heterocycles. The Hall–Kier alpha value is -3.35. The van der Waals surface area contributed by atoms with Gasteiger partial charge in [-0.3, -0.25) is 9.59 Å². The first-order valence-corrected chi connectivity index (χ1v) is 10.1. The van der Waals surface area contributed by atoms with Crippen LogP contribution in [0.4, 0.5) is 4.39 Å². The molecule has 0 spiro atoms. The smallest absolute Gasteiger partial charge is 0.260 e. The SMILES string of the molecule is O=C(NCCc1c[nH]c2ccccc12)C1CCN(C(=O)COc2ccccc2F)C1. The molecule has 156 valence electrons. The zero-order valence-electron chi connectivity index (χ0n) is 16.6. The minimum absolute atomic E-state index is 0.0415. The molecule has 1 aliphatic heterocycles. The third-order valence-electron chi connectivity index (χ3n) is 5.47. The fraction of sp³-hybridized carbons (Fsp3) is 0.304. The van der Waals surface area contributed by atoms with Crippen molar-refractivity contribution >= 4 is 22.7 Å². The number of fused-ring (bicyclic) bond motifs is 1. The molecule has 7 heteroatoms. The second-order valence-electron chi connectivity index (χ2n) is 7.44. The highest BCUT2D eigenvalue weighted by molar-refractivity contribution is 5.84. The van der Waals surface area contributed by atoms with E-state index in [1.54, 1.807) is 17.0 Å². The standard InChI is InChI=1S/C23H24FN3O3/c24-19-6-2-4-8-21(19)30-15-22(28)27-12-10-17(14-27)23(29)25-11-9-16-13-26-20-7-3-1-5-18(16)20/h1-8,13,17,26H,9-12,14-15H2,(H,25,29). The number of amides is 2. The molecule has 1 aromatic heterocycles. The first-order valence-electron chi connectivity index (χ1n) is 10.1. The Morgan fingerprint density at radius 1 is 1.17 bits per heavy atom. The van der Waals surface area contributed by atoms with Gasteiger partial charge in [-0.15, -0.1) is 0 Å². The van der Waals surface area contributed by atoms with Crippen LogP contribution in [0.3, 0.4) is 0 Å². The third kappa shape index (κ3) is 4.45. The van der Waals surface area contributed by atoms with Gasteiger partial charge in [-0.05, 0) is 36.6 Å². The van der Waals surface area contributed by atoms with Crippen LogP contribution in [0.15, 0.2) is 54.7 Å². The van der Waals surface area contributed by atoms with Gasteiger partial charge in [-0.1, -0.05) is 30.3 Å². The molecular weight excluding hydrogens is 385 g/mol. The van der Waals surface area contributed by atoms with E-state index in [2.05, 4.69) is 16.4 Å². The summed E-state index contributed by atoms with van der Waals surface area (Å²) in [7, 11) is 0. The van der Waals surface area contributed by atoms with Gasteiger partial charge < -0.3 is 19.9 Å². The van der Waals surface area contributed by atoms with Crippen molar-refractivity contribution < 1.29 is 18.7 Å². The summed E-state index contributed by atoms with van der Waals surface area (Å²) in [6.45, 7) is 1.16. The maximum atomic E-state index is 13.6. The topological polar surface area (TPSA) is 74.4 Å². The molecule has 1 atom stereocenters. The monoisotopic (exact) mass is 409 g/mol. The molecule has 0 radical (unpaired) electrons. The molecule has 2 N–H and O–H groups in total. The number of halogens is 1. The predicted octanol–water partition coefficient (Wildman–Crippen LogP) is 2.89. The molecule has 0 saturated carbocycles. The fourth-order valence-electron chi connectivity index (χ4n) is 3.80. The van der Waals surface area contributed by atoms with Gasteiger partial charge in [0.05, 0.1) is 5.92 Å². The first-order chi connectivity index (χ1) is 14.6. The van der Waals surface area contributed by atoms with Crippen molar-refractivity contribution in [3.05, 3.63) is 66.1 Å². The van der Waals surface area contributed by atoms with E-state index in [0.29, 0.717) is 26.1 Å². The molecule has 3 aromatic rings. The van der Waals surface area contributed by atoms with E-state index in [0.717, 1.165) is 11.9 Å². The number of para-hydroxylation sites is 2. The number of benzene rings is 2. The normalized spacial score (nSPS) is 16.0. The molecule has 0 bridgehead atoms. The number of hydrogen-bond acceptors (Lipinski definition) is 3. The minimum Gasteiger partial charge on any atom is -0.481 e. The molecule has 1 fully saturated rings. The van der Waals surface area contributed by atoms with Gasteiger partial charge in [0.25, 0.3) is 5.91 Å². The number of hydrogen-bond donors (Lipinski definition) is 2. The number of carbonyl (C=O) groups excluding carboxylic acids is 2. The Bertz CT molecular complexity index is 1050. The van der Waals surface area contributed by atoms with Crippen LogP contribution in [-0.2, 0) is 16.0 Å². The highest BCUT2D eigenvalue weighted by Gasteiger charge is 2.31. The average molecular weight is 409 g/mol. The highest BCUT2D eigenvalue weighted by atomic mass is 19.1. The number of likely N-dealkylation sites (tertiary alicyclic amines) is 1. The van der Waals surface area contributed by atoms with Crippen LogP contribution in [0, 0.1) is 11.7 Å². The number of nitrogens with zero attached hydrogens (tertiary/aromatic N) is 1. The summed E-state index contributed by atoms with van der Waals surface area (Å²) in [6, 6.07) is 14.0. The third-order valence-corrected chi connectivity index (χ3v) is 5.47. The van der Waals surface area contributed by atoms with Crippen LogP contribution in [-0.4, -0.2) is 47.9 Å². The van der Waals surface area contributed by atoms with E-state index in [-0.39, 0.29) is 30.1 Å². The van der Waals surface area contributed by atoms with Crippen LogP contribution < -0.4 is 10.1 Å². The second kappa shape index (κ2) is 8.98. The number of nitrogens with one attached hydrogen (secondary N) is 2. The fourth-order valence-corrected chi connectivity index (χ4v) is 3.80. The summed E-state index contributed by atoms with van der Waals surface area (Å²) < 4.78 is 18.9. The number of ether oxygens (including phenoxy) is 1. The molecule has 0 aliphatic carbocycles. The first kappa shape index (κ1) is 19.9. The summed E-state index contributed by atoms with van der Waals surface area (Å²) in [5, 5.41) is 4.15. The Morgan fingerprint density at radius 2 is 1.97 bits per heavy atom. The minimum atomic E-state index is -0.501. The van der Waals surface area contributed by atoms with Crippen molar-refractivity contribution in [2.45, 2.75) is 12.8 Å². The summed E-state index contributed by atoms with van der Waals surface area (Å²) in [5.74, 6) is -0.964. The largest absolute Gasteiger partial charge is 0.481 e. The molecule has 1 saturated heterocycles. The summed E-state index contributed by atoms with van der Waals surface area (Å²) >= 11 is 0. The van der Waals surface area contributed by atoms with Crippen molar-refractivity contribution in [3.63, 3.8) is 0 Å². The summed E-state index contributed by atoms with van der Waals surface area (Å²) in [6.07, 6.45) is 3.33. The van der Waals surface area contributed by atoms with E-state index < -0.39 is 5.82 Å². The number of rotatable bonds is 7. The predicted molar refractivity (Wildman–Crippen MR) is 112 cm³/mol. The maximum absolute atomic E-state index is 13.6. The molecule has 1 unspecified atom stereocenters. The van der Waals surface area contributed by atoms with Crippen molar-refractivity contribution in [1.82, 2.24) is 15.2 Å². The Balaban J connectivity index is 1.22. The Kier molecular flexibility index (Phi) is 5.97. The van der Waals surface area contributed by atoms with Crippen LogP contribution in [0.2, 0.25) is 0 Å². The second-order valence-corrected chi connectivity index (χ2v) is 7.44. The molecule has 2 amide bonds. The van der Waals surface area contributed by atoms with Crippen molar-refractivity contribution in [3.8, 4) is 5.75 Å². The number of carbonyl (C=O) groups is 2. The van der Waals surface area contributed by atoms with E-state index in [9.17, 15) is 14.0 Å². The summed E-state index contributed by atoms with van der Waals surface area (Å²) in [5.41, 5.74) is 2.25. The lowest BCUT2D eigenvalue weighted by Crippen LogP contribution is -2.37. The molecule has 1 aliphatic rings. The van der Waals surface area contributed by atoms with Crippen molar-refractivity contribution in [1.29, 1.82) is 0 Å². The quantitative estimate of drug-likeness (QED) is 0.630. The average Bonchev–Trinajstić information content (AvgIpc) is 3.41. The molecule has 4 rings (SSSR count). The zero-order valence-corrected chi connectivity index (χ0v) is 16.6. The van der Waals surface area contributed by atoms with Crippen LogP contribution >= 0.6 is 0 Å². The van der Waals surface area contributed by atoms with Gasteiger partial charge in [0.1, 0.15) is 0 Å². The van der Waals surface area contributed by atoms with E-state index in [1.807, 2.05) is 24.4 Å². The number of H-pyrrole nitrogens is 1. The maximum Gasteiger partial charge on any atom is 0.260 e. The van der Waals surface area contributed by atoms with Gasteiger partial charge in [-0.25, -0.2) is 4.39 Å². The van der Waals surface area contributed by atoms with Crippen molar-refractivity contribution in [2.75, 3.05) is 26.2 Å². The van der Waals surface area contributed by atoms with Gasteiger partial charge in [0.15, 0.2) is 18.2 Å². The lowest BCUT2D eigenvalue weighted by atomic mass is 10.1. The molecule has 6 nitrogen and oxygen atoms in total. The van der Waals surface area contributed by atoms with Crippen LogP contribution in [0.1, 0.15) is 12.0 Å². The van der Waals surface area contributed by atoms with Gasteiger partial charge >= 0.3 is 0 Å². The lowest BCUT2D eigenvalue weighted by molar-refractivity contribution is -0.132. The van der Waals surface area contributed by atoms with Gasteiger partial charge in [0, 0.05) is 36.7 Å². The number of aromatic amines is 1. The molecule has 30 heavy (non-hydrogen) atoms. The Labute approximate surface area is 174 Å². The zero-order chi connectivity index (χ0) is 20.9.